The van der Waals surface area contributed by atoms with Crippen molar-refractivity contribution in [2.24, 2.45) is 5.41 Å². The molecule has 0 amide bonds. The molecule has 1 N–H and O–H groups in total. The largest absolute Gasteiger partial charge is 0.375 e. The lowest BCUT2D eigenvalue weighted by atomic mass is 9.75. The van der Waals surface area contributed by atoms with E-state index in [0.717, 1.165) is 19.1 Å². The second-order valence-electron chi connectivity index (χ2n) is 7.40. The van der Waals surface area contributed by atoms with E-state index < -0.39 is 0 Å². The molecule has 1 unspecified atom stereocenters. The summed E-state index contributed by atoms with van der Waals surface area (Å²) in [5, 5.41) is 3.87. The van der Waals surface area contributed by atoms with Crippen LogP contribution in [0.15, 0.2) is 0 Å². The van der Waals surface area contributed by atoms with Gasteiger partial charge in [-0.1, -0.05) is 13.8 Å². The van der Waals surface area contributed by atoms with Gasteiger partial charge >= 0.3 is 0 Å². The highest BCUT2D eigenvalue weighted by Crippen LogP contribution is 2.35. The van der Waals surface area contributed by atoms with Crippen LogP contribution >= 0.6 is 0 Å². The van der Waals surface area contributed by atoms with Crippen LogP contribution in [0.2, 0.25) is 0 Å². The topological polar surface area (TPSA) is 21.3 Å². The summed E-state index contributed by atoms with van der Waals surface area (Å²) < 4.78 is 5.78. The third kappa shape index (κ3) is 3.96. The van der Waals surface area contributed by atoms with Gasteiger partial charge in [-0.05, 0) is 57.8 Å². The Morgan fingerprint density at radius 2 is 1.59 bits per heavy atom. The van der Waals surface area contributed by atoms with E-state index in [4.69, 9.17) is 4.74 Å². The average molecular weight is 239 g/mol. The summed E-state index contributed by atoms with van der Waals surface area (Å²) in [6.45, 7) is 10.2. The fourth-order valence-electron chi connectivity index (χ4n) is 3.27. The molecule has 1 saturated carbocycles. The number of hydrogen-bond donors (Lipinski definition) is 1. The molecule has 0 aromatic rings. The van der Waals surface area contributed by atoms with Crippen molar-refractivity contribution >= 4 is 0 Å². The second-order valence-corrected chi connectivity index (χ2v) is 7.40. The van der Waals surface area contributed by atoms with Crippen LogP contribution in [0.3, 0.4) is 0 Å². The zero-order chi connectivity index (χ0) is 12.5. The van der Waals surface area contributed by atoms with Gasteiger partial charge in [-0.25, -0.2) is 0 Å². The number of nitrogens with one attached hydrogen (secondary N) is 1. The molecule has 2 fully saturated rings. The summed E-state index contributed by atoms with van der Waals surface area (Å²) >= 11 is 0. The van der Waals surface area contributed by atoms with Gasteiger partial charge in [0, 0.05) is 18.7 Å². The van der Waals surface area contributed by atoms with E-state index >= 15 is 0 Å². The molecule has 0 bridgehead atoms. The fourth-order valence-corrected chi connectivity index (χ4v) is 3.27. The molecule has 2 heteroatoms. The van der Waals surface area contributed by atoms with Crippen LogP contribution in [-0.2, 0) is 4.74 Å². The molecule has 1 atom stereocenters. The van der Waals surface area contributed by atoms with E-state index in [-0.39, 0.29) is 5.60 Å². The monoisotopic (exact) mass is 239 g/mol. The fraction of sp³-hybridized carbons (Fsp3) is 1.00. The van der Waals surface area contributed by atoms with Gasteiger partial charge in [-0.15, -0.1) is 0 Å². The van der Waals surface area contributed by atoms with Crippen molar-refractivity contribution in [1.29, 1.82) is 0 Å². The van der Waals surface area contributed by atoms with Crippen LogP contribution in [0, 0.1) is 5.41 Å². The normalized spacial score (nSPS) is 33.5. The summed E-state index contributed by atoms with van der Waals surface area (Å²) in [5.41, 5.74) is 0.650. The van der Waals surface area contributed by atoms with Crippen molar-refractivity contribution in [3.05, 3.63) is 0 Å². The van der Waals surface area contributed by atoms with E-state index in [1.165, 1.54) is 32.1 Å². The molecule has 0 aromatic carbocycles. The zero-order valence-electron chi connectivity index (χ0n) is 12.0. The summed E-state index contributed by atoms with van der Waals surface area (Å²) in [5.74, 6) is 0. The molecule has 0 radical (unpaired) electrons. The number of hydrogen-bond acceptors (Lipinski definition) is 2. The second kappa shape index (κ2) is 4.89. The molecule has 2 rings (SSSR count). The molecule has 2 nitrogen and oxygen atoms in total. The van der Waals surface area contributed by atoms with Crippen molar-refractivity contribution in [3.8, 4) is 0 Å². The summed E-state index contributed by atoms with van der Waals surface area (Å²) in [4.78, 5) is 0. The van der Waals surface area contributed by atoms with Crippen LogP contribution in [0.5, 0.6) is 0 Å². The predicted molar refractivity (Wildman–Crippen MR) is 72.2 cm³/mol. The smallest absolute Gasteiger partial charge is 0.0641 e. The first-order valence-corrected chi connectivity index (χ1v) is 7.26. The molecule has 0 aromatic heterocycles. The number of ether oxygens (including phenoxy) is 1. The zero-order valence-corrected chi connectivity index (χ0v) is 12.0. The average Bonchev–Trinajstić information content (AvgIpc) is 2.20. The molecule has 1 saturated heterocycles. The van der Waals surface area contributed by atoms with Gasteiger partial charge in [0.15, 0.2) is 0 Å². The third-order valence-corrected chi connectivity index (χ3v) is 4.51. The summed E-state index contributed by atoms with van der Waals surface area (Å²) in [7, 11) is 0. The highest BCUT2D eigenvalue weighted by molar-refractivity contribution is 4.88. The predicted octanol–water partition coefficient (Wildman–Crippen LogP) is 3.50. The van der Waals surface area contributed by atoms with E-state index in [9.17, 15) is 0 Å². The molecular weight excluding hydrogens is 210 g/mol. The van der Waals surface area contributed by atoms with E-state index in [1.54, 1.807) is 0 Å². The Morgan fingerprint density at radius 1 is 0.941 bits per heavy atom. The highest BCUT2D eigenvalue weighted by Gasteiger charge is 2.32. The minimum absolute atomic E-state index is 0.0733. The van der Waals surface area contributed by atoms with Gasteiger partial charge in [0.2, 0.25) is 0 Å². The first-order valence-electron chi connectivity index (χ1n) is 7.26. The molecule has 1 aliphatic heterocycles. The van der Waals surface area contributed by atoms with Crippen molar-refractivity contribution in [1.82, 2.24) is 5.32 Å². The van der Waals surface area contributed by atoms with Gasteiger partial charge in [0.05, 0.1) is 5.60 Å². The molecular formula is C15H29NO. The lowest BCUT2D eigenvalue weighted by Gasteiger charge is -2.40. The van der Waals surface area contributed by atoms with Gasteiger partial charge < -0.3 is 10.1 Å². The Morgan fingerprint density at radius 3 is 2.18 bits per heavy atom. The SMILES string of the molecule is CC1(C)CCC(NC2CCOC(C)(C)C2)CC1. The standard InChI is InChI=1S/C15H29NO/c1-14(2)8-5-12(6-9-14)16-13-7-10-17-15(3,4)11-13/h12-13,16H,5-11H2,1-4H3. The maximum absolute atomic E-state index is 5.78. The molecule has 2 aliphatic rings. The quantitative estimate of drug-likeness (QED) is 0.796. The lowest BCUT2D eigenvalue weighted by Crippen LogP contribution is -2.48. The van der Waals surface area contributed by atoms with Gasteiger partial charge in [-0.2, -0.15) is 0 Å². The van der Waals surface area contributed by atoms with E-state index in [0.29, 0.717) is 11.5 Å². The van der Waals surface area contributed by atoms with Crippen molar-refractivity contribution < 1.29 is 4.74 Å². The van der Waals surface area contributed by atoms with Crippen molar-refractivity contribution in [2.75, 3.05) is 6.61 Å². The minimum atomic E-state index is 0.0733. The van der Waals surface area contributed by atoms with Crippen LogP contribution < -0.4 is 5.32 Å². The van der Waals surface area contributed by atoms with Crippen LogP contribution in [0.4, 0.5) is 0 Å². The Bertz CT molecular complexity index is 250. The van der Waals surface area contributed by atoms with Gasteiger partial charge in [-0.3, -0.25) is 0 Å². The Kier molecular flexibility index (Phi) is 3.84. The van der Waals surface area contributed by atoms with Gasteiger partial charge in [0.1, 0.15) is 0 Å². The van der Waals surface area contributed by atoms with Crippen molar-refractivity contribution in [3.63, 3.8) is 0 Å². The maximum atomic E-state index is 5.78. The van der Waals surface area contributed by atoms with Crippen LogP contribution in [-0.4, -0.2) is 24.3 Å². The molecule has 100 valence electrons. The van der Waals surface area contributed by atoms with Crippen molar-refractivity contribution in [2.45, 2.75) is 83.9 Å². The summed E-state index contributed by atoms with van der Waals surface area (Å²) in [6.07, 6.45) is 7.79. The van der Waals surface area contributed by atoms with Gasteiger partial charge in [0.25, 0.3) is 0 Å². The number of rotatable bonds is 2. The molecule has 1 heterocycles. The first kappa shape index (κ1) is 13.4. The van der Waals surface area contributed by atoms with E-state index in [2.05, 4.69) is 33.0 Å². The summed E-state index contributed by atoms with van der Waals surface area (Å²) in [6, 6.07) is 1.42. The Hall–Kier alpha value is -0.0800. The van der Waals surface area contributed by atoms with E-state index in [1.807, 2.05) is 0 Å². The molecule has 1 aliphatic carbocycles. The lowest BCUT2D eigenvalue weighted by molar-refractivity contribution is -0.0650. The third-order valence-electron chi connectivity index (χ3n) is 4.51. The van der Waals surface area contributed by atoms with Crippen LogP contribution in [0.25, 0.3) is 0 Å². The Labute approximate surface area is 107 Å². The molecule has 17 heavy (non-hydrogen) atoms. The maximum Gasteiger partial charge on any atom is 0.0641 e. The highest BCUT2D eigenvalue weighted by atomic mass is 16.5. The minimum Gasteiger partial charge on any atom is -0.375 e. The van der Waals surface area contributed by atoms with Crippen LogP contribution in [0.1, 0.15) is 66.2 Å². The molecule has 0 spiro atoms. The first-order chi connectivity index (χ1) is 7.86. The Balaban J connectivity index is 1.78.